The van der Waals surface area contributed by atoms with E-state index >= 15 is 0 Å². The predicted octanol–water partition coefficient (Wildman–Crippen LogP) is 5.00. The summed E-state index contributed by atoms with van der Waals surface area (Å²) in [7, 11) is 0. The van der Waals surface area contributed by atoms with Crippen LogP contribution in [-0.4, -0.2) is 59.2 Å². The molecule has 1 aliphatic rings. The van der Waals surface area contributed by atoms with Gasteiger partial charge < -0.3 is 14.9 Å². The van der Waals surface area contributed by atoms with Crippen molar-refractivity contribution in [2.24, 2.45) is 0 Å². The maximum atomic E-state index is 7.62. The lowest BCUT2D eigenvalue weighted by Crippen LogP contribution is -2.18. The zero-order valence-electron chi connectivity index (χ0n) is 21.2. The van der Waals surface area contributed by atoms with Gasteiger partial charge in [-0.25, -0.2) is 19.6 Å². The highest BCUT2D eigenvalue weighted by Crippen LogP contribution is 2.40. The average molecular weight is 531 g/mol. The van der Waals surface area contributed by atoms with Crippen LogP contribution in [0.5, 0.6) is 0 Å². The van der Waals surface area contributed by atoms with Crippen molar-refractivity contribution in [3.63, 3.8) is 0 Å². The first kappa shape index (κ1) is 25.9. The van der Waals surface area contributed by atoms with Crippen LogP contribution in [0, 0.1) is 6.92 Å². The fourth-order valence-corrected chi connectivity index (χ4v) is 5.49. The summed E-state index contributed by atoms with van der Waals surface area (Å²) in [6, 6.07) is 14.2. The number of hydrogen-bond donors (Lipinski definition) is 2. The molecule has 1 unspecified atom stereocenters. The molecule has 5 aromatic rings. The number of imidazole rings is 1. The van der Waals surface area contributed by atoms with Crippen molar-refractivity contribution in [3.8, 4) is 32.7 Å². The summed E-state index contributed by atoms with van der Waals surface area (Å²) in [4.78, 5) is 15.5. The Labute approximate surface area is 224 Å². The molecular weight excluding hydrogens is 500 g/mol. The molecule has 0 aliphatic carbocycles. The molecule has 0 radical (unpaired) electrons. The number of benzene rings is 1. The van der Waals surface area contributed by atoms with Gasteiger partial charge in [0.25, 0.3) is 0 Å². The third-order valence-corrected chi connectivity index (χ3v) is 7.25. The number of rotatable bonds is 6. The summed E-state index contributed by atoms with van der Waals surface area (Å²) in [6.45, 7) is 6.44. The second kappa shape index (κ2) is 11.8. The molecule has 0 amide bonds. The first-order valence-corrected chi connectivity index (χ1v) is 13.4. The minimum Gasteiger partial charge on any atom is -0.394 e. The third-order valence-electron chi connectivity index (χ3n) is 6.19. The van der Waals surface area contributed by atoms with Gasteiger partial charge in [-0.2, -0.15) is 0 Å². The Bertz CT molecular complexity index is 1520. The van der Waals surface area contributed by atoms with Crippen LogP contribution in [0.3, 0.4) is 0 Å². The molecule has 6 rings (SSSR count). The molecule has 5 heterocycles. The van der Waals surface area contributed by atoms with E-state index in [1.165, 1.54) is 0 Å². The topological polar surface area (TPSA) is 111 Å². The van der Waals surface area contributed by atoms with E-state index in [1.54, 1.807) is 17.7 Å². The lowest BCUT2D eigenvalue weighted by Gasteiger charge is -2.21. The van der Waals surface area contributed by atoms with Gasteiger partial charge >= 0.3 is 0 Å². The molecule has 4 aromatic heterocycles. The second-order valence-corrected chi connectivity index (χ2v) is 9.82. The number of aliphatic hydroxyl groups is 2. The van der Waals surface area contributed by atoms with Gasteiger partial charge in [-0.1, -0.05) is 43.0 Å². The zero-order chi connectivity index (χ0) is 26.5. The second-order valence-electron chi connectivity index (χ2n) is 8.82. The van der Waals surface area contributed by atoms with Gasteiger partial charge in [-0.05, 0) is 43.9 Å². The highest BCUT2D eigenvalue weighted by atomic mass is 32.1. The van der Waals surface area contributed by atoms with E-state index in [1.807, 2.05) is 54.2 Å². The van der Waals surface area contributed by atoms with Crippen molar-refractivity contribution in [2.75, 3.05) is 19.8 Å². The van der Waals surface area contributed by atoms with E-state index < -0.39 is 0 Å². The molecule has 0 spiro atoms. The van der Waals surface area contributed by atoms with Crippen molar-refractivity contribution in [2.45, 2.75) is 32.4 Å². The van der Waals surface area contributed by atoms with Crippen LogP contribution in [0.2, 0.25) is 0 Å². The SMILES string of the molecule is C=Cc1ccc2nc(C)c(-c3nc(-c4ccccc4)c(-c4ncn(C5CCCCO5)n4)s3)n2c1.OCCO. The average Bonchev–Trinajstić information content (AvgIpc) is 3.70. The zero-order valence-corrected chi connectivity index (χ0v) is 22.0. The molecule has 196 valence electrons. The van der Waals surface area contributed by atoms with Gasteiger partial charge in [0.05, 0.1) is 24.6 Å². The molecule has 1 fully saturated rings. The summed E-state index contributed by atoms with van der Waals surface area (Å²) in [5.74, 6) is 0.662. The highest BCUT2D eigenvalue weighted by molar-refractivity contribution is 7.18. The third kappa shape index (κ3) is 5.30. The highest BCUT2D eigenvalue weighted by Gasteiger charge is 2.24. The van der Waals surface area contributed by atoms with Crippen LogP contribution in [-0.2, 0) is 4.74 Å². The Morgan fingerprint density at radius 3 is 2.63 bits per heavy atom. The van der Waals surface area contributed by atoms with E-state index in [0.717, 1.165) is 69.6 Å². The Balaban J connectivity index is 0.000000689. The maximum absolute atomic E-state index is 7.62. The molecule has 1 aliphatic heterocycles. The summed E-state index contributed by atoms with van der Waals surface area (Å²) in [5, 5.41) is 20.9. The minimum absolute atomic E-state index is 0.0547. The maximum Gasteiger partial charge on any atom is 0.193 e. The summed E-state index contributed by atoms with van der Waals surface area (Å²) in [6.07, 6.45) is 8.80. The summed E-state index contributed by atoms with van der Waals surface area (Å²) in [5.41, 5.74) is 5.71. The molecule has 0 bridgehead atoms. The minimum atomic E-state index is -0.125. The number of aromatic nitrogens is 6. The van der Waals surface area contributed by atoms with Crippen molar-refractivity contribution in [3.05, 3.63) is 72.8 Å². The molecule has 2 N–H and O–H groups in total. The van der Waals surface area contributed by atoms with Crippen LogP contribution < -0.4 is 0 Å². The lowest BCUT2D eigenvalue weighted by molar-refractivity contribution is -0.0395. The Morgan fingerprint density at radius 1 is 1.11 bits per heavy atom. The van der Waals surface area contributed by atoms with Crippen molar-refractivity contribution < 1.29 is 14.9 Å². The number of aliphatic hydroxyl groups excluding tert-OH is 2. The Kier molecular flexibility index (Phi) is 8.04. The van der Waals surface area contributed by atoms with Crippen molar-refractivity contribution in [1.82, 2.24) is 29.1 Å². The van der Waals surface area contributed by atoms with Gasteiger partial charge in [0.1, 0.15) is 27.6 Å². The van der Waals surface area contributed by atoms with Crippen molar-refractivity contribution in [1.29, 1.82) is 0 Å². The smallest absolute Gasteiger partial charge is 0.193 e. The monoisotopic (exact) mass is 530 g/mol. The number of hydrogen-bond acceptors (Lipinski definition) is 8. The molecule has 9 nitrogen and oxygen atoms in total. The number of pyridine rings is 1. The molecule has 1 atom stereocenters. The fourth-order valence-electron chi connectivity index (χ4n) is 4.37. The van der Waals surface area contributed by atoms with E-state index in [-0.39, 0.29) is 19.4 Å². The molecule has 38 heavy (non-hydrogen) atoms. The van der Waals surface area contributed by atoms with E-state index in [2.05, 4.69) is 28.1 Å². The number of fused-ring (bicyclic) bond motifs is 1. The van der Waals surface area contributed by atoms with Crippen LogP contribution in [0.1, 0.15) is 36.7 Å². The van der Waals surface area contributed by atoms with Crippen molar-refractivity contribution >= 4 is 23.1 Å². The summed E-state index contributed by atoms with van der Waals surface area (Å²) < 4.78 is 9.84. The van der Waals surface area contributed by atoms with Gasteiger partial charge in [0, 0.05) is 18.4 Å². The number of ether oxygens (including phenoxy) is 1. The van der Waals surface area contributed by atoms with Crippen LogP contribution in [0.4, 0.5) is 0 Å². The summed E-state index contributed by atoms with van der Waals surface area (Å²) >= 11 is 1.59. The van der Waals surface area contributed by atoms with E-state index in [4.69, 9.17) is 30.0 Å². The first-order valence-electron chi connectivity index (χ1n) is 12.6. The number of thiazole rings is 1. The molecule has 10 heteroatoms. The fraction of sp³-hybridized carbons (Fsp3) is 0.286. The standard InChI is InChI=1S/C26H24N6OS.C2H6O2/c1-3-18-12-13-20-28-17(2)23(31(20)15-18)26-29-22(19-9-5-4-6-10-19)24(34-26)25-27-16-32(30-25)21-11-7-8-14-33-21;3-1-2-4/h3-6,9-10,12-13,15-16,21H,1,7-8,11,14H2,2H3;3-4H,1-2H2. The number of aryl methyl sites for hydroxylation is 1. The van der Waals surface area contributed by atoms with Gasteiger partial charge in [-0.3, -0.25) is 4.40 Å². The van der Waals surface area contributed by atoms with Crippen LogP contribution in [0.15, 0.2) is 61.6 Å². The Morgan fingerprint density at radius 2 is 1.92 bits per heavy atom. The van der Waals surface area contributed by atoms with E-state index in [9.17, 15) is 0 Å². The van der Waals surface area contributed by atoms with Gasteiger partial charge in [-0.15, -0.1) is 16.4 Å². The number of nitrogens with zero attached hydrogens (tertiary/aromatic N) is 6. The molecule has 1 aromatic carbocycles. The van der Waals surface area contributed by atoms with Gasteiger partial charge in [0.15, 0.2) is 12.1 Å². The largest absolute Gasteiger partial charge is 0.394 e. The molecule has 1 saturated heterocycles. The molecular formula is C28H30N6O3S. The van der Waals surface area contributed by atoms with E-state index in [0.29, 0.717) is 5.82 Å². The lowest BCUT2D eigenvalue weighted by atomic mass is 10.1. The van der Waals surface area contributed by atoms with Crippen LogP contribution in [0.25, 0.3) is 44.4 Å². The predicted molar refractivity (Wildman–Crippen MR) is 149 cm³/mol. The normalized spacial score (nSPS) is 15.3. The quantitative estimate of drug-likeness (QED) is 0.318. The Hall–Kier alpha value is -3.70. The van der Waals surface area contributed by atoms with Gasteiger partial charge in [0.2, 0.25) is 0 Å². The van der Waals surface area contributed by atoms with Crippen LogP contribution >= 0.6 is 11.3 Å². The first-order chi connectivity index (χ1) is 18.6. The molecule has 0 saturated carbocycles.